The van der Waals surface area contributed by atoms with E-state index in [4.69, 9.17) is 5.41 Å². The third-order valence-corrected chi connectivity index (χ3v) is 3.64. The molecule has 1 aliphatic heterocycles. The Bertz CT molecular complexity index is 663. The minimum atomic E-state index is 0.244. The van der Waals surface area contributed by atoms with Gasteiger partial charge in [0.15, 0.2) is 0 Å². The topological polar surface area (TPSA) is 74.0 Å². The summed E-state index contributed by atoms with van der Waals surface area (Å²) in [7, 11) is 0. The van der Waals surface area contributed by atoms with Crippen molar-refractivity contribution in [3.8, 4) is 0 Å². The van der Waals surface area contributed by atoms with Gasteiger partial charge in [-0.05, 0) is 28.1 Å². The van der Waals surface area contributed by atoms with Gasteiger partial charge in [-0.3, -0.25) is 9.98 Å². The van der Waals surface area contributed by atoms with Crippen LogP contribution in [0.25, 0.3) is 11.0 Å². The number of para-hydroxylation sites is 1. The Hall–Kier alpha value is -1.66. The maximum Gasteiger partial charge on any atom is 0.109 e. The number of rotatable bonds is 3. The van der Waals surface area contributed by atoms with Gasteiger partial charge in [-0.15, -0.1) is 0 Å². The van der Waals surface area contributed by atoms with Crippen molar-refractivity contribution in [2.75, 3.05) is 13.1 Å². The lowest BCUT2D eigenvalue weighted by Gasteiger charge is -2.23. The second kappa shape index (κ2) is 5.14. The van der Waals surface area contributed by atoms with Crippen molar-refractivity contribution in [1.29, 1.82) is 5.41 Å². The molecule has 19 heavy (non-hydrogen) atoms. The lowest BCUT2D eigenvalue weighted by molar-refractivity contribution is 0.448. The number of nitrogens with one attached hydrogen (secondary N) is 2. The molecule has 1 aromatic carbocycles. The highest BCUT2D eigenvalue weighted by Crippen LogP contribution is 2.20. The van der Waals surface area contributed by atoms with Crippen LogP contribution in [0.5, 0.6) is 0 Å². The van der Waals surface area contributed by atoms with E-state index in [0.717, 1.165) is 28.6 Å². The molecule has 0 atom stereocenters. The molecule has 3 rings (SSSR count). The van der Waals surface area contributed by atoms with Crippen LogP contribution in [0, 0.1) is 5.41 Å². The molecule has 1 aliphatic rings. The van der Waals surface area contributed by atoms with Gasteiger partial charge >= 0.3 is 0 Å². The van der Waals surface area contributed by atoms with Crippen LogP contribution in [-0.2, 0) is 0 Å². The van der Waals surface area contributed by atoms with Crippen molar-refractivity contribution >= 4 is 38.9 Å². The zero-order valence-electron chi connectivity index (χ0n) is 10.1. The Morgan fingerprint density at radius 1 is 1.47 bits per heavy atom. The van der Waals surface area contributed by atoms with E-state index in [-0.39, 0.29) is 6.04 Å². The van der Waals surface area contributed by atoms with Gasteiger partial charge < -0.3 is 10.7 Å². The molecule has 2 heterocycles. The fourth-order valence-electron chi connectivity index (χ4n) is 1.86. The lowest BCUT2D eigenvalue weighted by Crippen LogP contribution is -2.46. The molecule has 0 aliphatic carbocycles. The van der Waals surface area contributed by atoms with Gasteiger partial charge in [0.1, 0.15) is 16.9 Å². The Morgan fingerprint density at radius 2 is 2.32 bits per heavy atom. The highest BCUT2D eigenvalue weighted by molar-refractivity contribution is 9.10. The summed E-state index contributed by atoms with van der Waals surface area (Å²) in [5.74, 6) is 0. The number of halogens is 1. The number of fused-ring (bicyclic) bond motifs is 1. The largest absolute Gasteiger partial charge is 0.312 e. The van der Waals surface area contributed by atoms with E-state index in [1.807, 2.05) is 18.2 Å². The Balaban J connectivity index is 2.06. The van der Waals surface area contributed by atoms with E-state index < -0.39 is 0 Å². The predicted molar refractivity (Wildman–Crippen MR) is 79.2 cm³/mol. The number of nitrogens with zero attached hydrogens (tertiary/aromatic N) is 3. The number of aromatic nitrogens is 2. The van der Waals surface area contributed by atoms with Gasteiger partial charge in [0, 0.05) is 23.8 Å². The third-order valence-electron chi connectivity index (χ3n) is 3.00. The monoisotopic (exact) mass is 317 g/mol. The quantitative estimate of drug-likeness (QED) is 0.848. The van der Waals surface area contributed by atoms with E-state index in [1.165, 1.54) is 6.21 Å². The van der Waals surface area contributed by atoms with Crippen LogP contribution >= 0.6 is 15.9 Å². The zero-order chi connectivity index (χ0) is 13.2. The maximum atomic E-state index is 7.50. The molecule has 6 heteroatoms. The molecule has 0 saturated carbocycles. The van der Waals surface area contributed by atoms with Crippen LogP contribution in [0.1, 0.15) is 5.69 Å². The van der Waals surface area contributed by atoms with E-state index in [2.05, 4.69) is 36.2 Å². The first-order valence-electron chi connectivity index (χ1n) is 5.98. The van der Waals surface area contributed by atoms with E-state index in [1.54, 1.807) is 6.20 Å². The Labute approximate surface area is 118 Å². The first kappa shape index (κ1) is 12.4. The number of benzene rings is 1. The van der Waals surface area contributed by atoms with Crippen LogP contribution in [-0.4, -0.2) is 41.0 Å². The van der Waals surface area contributed by atoms with Crippen molar-refractivity contribution in [1.82, 2.24) is 15.3 Å². The summed E-state index contributed by atoms with van der Waals surface area (Å²) in [6.07, 6.45) is 2.91. The molecule has 1 saturated heterocycles. The fraction of sp³-hybridized carbons (Fsp3) is 0.231. The second-order valence-corrected chi connectivity index (χ2v) is 5.19. The number of aliphatic imine (C=N–C) groups is 1. The summed E-state index contributed by atoms with van der Waals surface area (Å²) in [5, 5.41) is 10.7. The van der Waals surface area contributed by atoms with Crippen LogP contribution in [0.4, 0.5) is 0 Å². The Morgan fingerprint density at radius 3 is 3.00 bits per heavy atom. The summed E-state index contributed by atoms with van der Waals surface area (Å²) >= 11 is 3.47. The molecule has 96 valence electrons. The van der Waals surface area contributed by atoms with Crippen LogP contribution in [0.3, 0.4) is 0 Å². The average molecular weight is 318 g/mol. The van der Waals surface area contributed by atoms with Crippen molar-refractivity contribution in [3.63, 3.8) is 0 Å². The van der Waals surface area contributed by atoms with Gasteiger partial charge in [0.25, 0.3) is 0 Å². The average Bonchev–Trinajstić information content (AvgIpc) is 2.38. The van der Waals surface area contributed by atoms with Crippen LogP contribution < -0.4 is 5.32 Å². The first-order valence-corrected chi connectivity index (χ1v) is 6.78. The minimum absolute atomic E-state index is 0.244. The molecular formula is C13H12BrN5. The lowest BCUT2D eigenvalue weighted by atomic mass is 10.2. The minimum Gasteiger partial charge on any atom is -0.312 e. The van der Waals surface area contributed by atoms with Crippen molar-refractivity contribution < 1.29 is 0 Å². The Kier molecular flexibility index (Phi) is 3.35. The smallest absolute Gasteiger partial charge is 0.109 e. The molecule has 0 bridgehead atoms. The molecule has 1 aromatic heterocycles. The summed E-state index contributed by atoms with van der Waals surface area (Å²) < 4.78 is 0.897. The standard InChI is InChI=1S/C13H12BrN5/c14-9-2-1-3-10-13(9)19-12(7-17-10)11(4-15)18-8-5-16-6-8/h1-4,7-8,15-16H,5-6H2/b15-4?,18-11-. The van der Waals surface area contributed by atoms with Gasteiger partial charge in [-0.25, -0.2) is 4.98 Å². The van der Waals surface area contributed by atoms with Crippen LogP contribution in [0.15, 0.2) is 33.9 Å². The zero-order valence-corrected chi connectivity index (χ0v) is 11.7. The summed E-state index contributed by atoms with van der Waals surface area (Å²) in [6.45, 7) is 1.73. The van der Waals surface area contributed by atoms with Crippen LogP contribution in [0.2, 0.25) is 0 Å². The highest BCUT2D eigenvalue weighted by atomic mass is 79.9. The predicted octanol–water partition coefficient (Wildman–Crippen LogP) is 1.80. The molecule has 0 spiro atoms. The molecule has 0 amide bonds. The van der Waals surface area contributed by atoms with Crippen molar-refractivity contribution in [2.24, 2.45) is 4.99 Å². The van der Waals surface area contributed by atoms with Crippen molar-refractivity contribution in [2.45, 2.75) is 6.04 Å². The molecule has 5 nitrogen and oxygen atoms in total. The highest BCUT2D eigenvalue weighted by Gasteiger charge is 2.17. The SMILES string of the molecule is N=C/C(=N/C1CNC1)c1cnc2cccc(Br)c2n1. The maximum absolute atomic E-state index is 7.50. The van der Waals surface area contributed by atoms with Crippen molar-refractivity contribution in [3.05, 3.63) is 34.6 Å². The van der Waals surface area contributed by atoms with E-state index in [0.29, 0.717) is 11.4 Å². The molecule has 2 aromatic rings. The summed E-state index contributed by atoms with van der Waals surface area (Å²) in [6, 6.07) is 6.01. The summed E-state index contributed by atoms with van der Waals surface area (Å²) in [5.41, 5.74) is 2.84. The molecule has 1 fully saturated rings. The molecule has 0 unspecified atom stereocenters. The molecule has 0 radical (unpaired) electrons. The molecular weight excluding hydrogens is 306 g/mol. The van der Waals surface area contributed by atoms with Gasteiger partial charge in [-0.1, -0.05) is 6.07 Å². The fourth-order valence-corrected chi connectivity index (χ4v) is 2.31. The van der Waals surface area contributed by atoms with E-state index in [9.17, 15) is 0 Å². The second-order valence-electron chi connectivity index (χ2n) is 4.33. The van der Waals surface area contributed by atoms with Gasteiger partial charge in [0.05, 0.1) is 17.8 Å². The normalized spacial score (nSPS) is 16.4. The number of hydrogen-bond donors (Lipinski definition) is 2. The first-order chi connectivity index (χ1) is 9.28. The third kappa shape index (κ3) is 2.41. The van der Waals surface area contributed by atoms with E-state index >= 15 is 0 Å². The number of hydrogen-bond acceptors (Lipinski definition) is 5. The molecule has 2 N–H and O–H groups in total. The summed E-state index contributed by atoms with van der Waals surface area (Å²) in [4.78, 5) is 13.4. The van der Waals surface area contributed by atoms with Gasteiger partial charge in [-0.2, -0.15) is 0 Å². The van der Waals surface area contributed by atoms with Gasteiger partial charge in [0.2, 0.25) is 0 Å².